The molecule has 74 valence electrons. The Morgan fingerprint density at radius 2 is 1.14 bits per heavy atom. The van der Waals surface area contributed by atoms with Gasteiger partial charge in [-0.3, -0.25) is 0 Å². The second-order valence-corrected chi connectivity index (χ2v) is 3.07. The summed E-state index contributed by atoms with van der Waals surface area (Å²) in [7, 11) is 0. The van der Waals surface area contributed by atoms with Gasteiger partial charge in [-0.1, -0.05) is 55.5 Å². The predicted molar refractivity (Wildman–Crippen MR) is 61.3 cm³/mol. The zero-order valence-electron chi connectivity index (χ0n) is 8.48. The van der Waals surface area contributed by atoms with Crippen molar-refractivity contribution in [1.29, 1.82) is 0 Å². The van der Waals surface area contributed by atoms with Gasteiger partial charge in [0.25, 0.3) is 0 Å². The molecule has 0 amide bonds. The summed E-state index contributed by atoms with van der Waals surface area (Å²) in [4.78, 5) is 0. The summed E-state index contributed by atoms with van der Waals surface area (Å²) < 4.78 is 0. The van der Waals surface area contributed by atoms with Crippen LogP contribution >= 0.6 is 0 Å². The second-order valence-electron chi connectivity index (χ2n) is 3.07. The Bertz CT molecular complexity index is 301. The standard InChI is InChI=1S/C10H8.C3H8O/c1-2-6-10-8-4-3-7-9(10)5-1;1-2-3-4/h1-8H;4H,2-3H2,1H3. The first-order chi connectivity index (χ1) is 6.88. The van der Waals surface area contributed by atoms with Crippen LogP contribution in [0.1, 0.15) is 13.3 Å². The first-order valence-electron chi connectivity index (χ1n) is 4.93. The van der Waals surface area contributed by atoms with Crippen molar-refractivity contribution in [1.82, 2.24) is 0 Å². The zero-order valence-corrected chi connectivity index (χ0v) is 8.48. The lowest BCUT2D eigenvalue weighted by Gasteiger charge is -1.92. The molecule has 0 atom stereocenters. The third-order valence-corrected chi connectivity index (χ3v) is 1.88. The van der Waals surface area contributed by atoms with Crippen LogP contribution in [0.25, 0.3) is 10.8 Å². The van der Waals surface area contributed by atoms with Crippen molar-refractivity contribution in [2.45, 2.75) is 13.3 Å². The van der Waals surface area contributed by atoms with E-state index in [2.05, 4.69) is 48.5 Å². The van der Waals surface area contributed by atoms with Crippen molar-refractivity contribution in [2.75, 3.05) is 6.61 Å². The highest BCUT2D eigenvalue weighted by Crippen LogP contribution is 2.11. The molecule has 0 bridgehead atoms. The van der Waals surface area contributed by atoms with Gasteiger partial charge in [0.2, 0.25) is 0 Å². The van der Waals surface area contributed by atoms with Gasteiger partial charge >= 0.3 is 0 Å². The molecular formula is C13H16O. The van der Waals surface area contributed by atoms with Gasteiger partial charge in [-0.2, -0.15) is 0 Å². The highest BCUT2D eigenvalue weighted by molar-refractivity contribution is 5.81. The highest BCUT2D eigenvalue weighted by Gasteiger charge is 1.85. The molecule has 0 aliphatic heterocycles. The topological polar surface area (TPSA) is 20.2 Å². The van der Waals surface area contributed by atoms with E-state index < -0.39 is 0 Å². The molecule has 2 aromatic rings. The van der Waals surface area contributed by atoms with Crippen molar-refractivity contribution in [3.63, 3.8) is 0 Å². The number of fused-ring (bicyclic) bond motifs is 1. The minimum Gasteiger partial charge on any atom is -0.396 e. The lowest BCUT2D eigenvalue weighted by atomic mass is 10.1. The average molecular weight is 188 g/mol. The summed E-state index contributed by atoms with van der Waals surface area (Å²) in [5, 5.41) is 10.5. The van der Waals surface area contributed by atoms with E-state index in [0.717, 1.165) is 6.42 Å². The molecule has 0 fully saturated rings. The van der Waals surface area contributed by atoms with Crippen LogP contribution in [0.2, 0.25) is 0 Å². The molecule has 0 saturated carbocycles. The van der Waals surface area contributed by atoms with Gasteiger partial charge < -0.3 is 5.11 Å². The van der Waals surface area contributed by atoms with E-state index in [0.29, 0.717) is 6.61 Å². The van der Waals surface area contributed by atoms with Crippen molar-refractivity contribution in [3.05, 3.63) is 48.5 Å². The maximum absolute atomic E-state index is 7.88. The van der Waals surface area contributed by atoms with E-state index in [9.17, 15) is 0 Å². The van der Waals surface area contributed by atoms with Crippen molar-refractivity contribution in [2.24, 2.45) is 0 Å². The number of hydrogen-bond donors (Lipinski definition) is 1. The Morgan fingerprint density at radius 1 is 0.857 bits per heavy atom. The molecule has 0 aromatic heterocycles. The van der Waals surface area contributed by atoms with Crippen LogP contribution in [0.5, 0.6) is 0 Å². The van der Waals surface area contributed by atoms with Gasteiger partial charge in [0.05, 0.1) is 0 Å². The molecule has 0 heterocycles. The lowest BCUT2D eigenvalue weighted by Crippen LogP contribution is -1.69. The molecule has 1 nitrogen and oxygen atoms in total. The van der Waals surface area contributed by atoms with E-state index in [1.54, 1.807) is 0 Å². The van der Waals surface area contributed by atoms with Crippen LogP contribution in [0.15, 0.2) is 48.5 Å². The lowest BCUT2D eigenvalue weighted by molar-refractivity contribution is 0.295. The van der Waals surface area contributed by atoms with Crippen molar-refractivity contribution < 1.29 is 5.11 Å². The molecule has 0 spiro atoms. The third-order valence-electron chi connectivity index (χ3n) is 1.88. The quantitative estimate of drug-likeness (QED) is 0.728. The van der Waals surface area contributed by atoms with Crippen molar-refractivity contribution in [3.8, 4) is 0 Å². The maximum atomic E-state index is 7.88. The van der Waals surface area contributed by atoms with E-state index >= 15 is 0 Å². The third kappa shape index (κ3) is 3.19. The molecule has 2 aromatic carbocycles. The monoisotopic (exact) mass is 188 g/mol. The van der Waals surface area contributed by atoms with Crippen LogP contribution in [0.4, 0.5) is 0 Å². The molecule has 0 unspecified atom stereocenters. The first kappa shape index (κ1) is 10.7. The molecular weight excluding hydrogens is 172 g/mol. The summed E-state index contributed by atoms with van der Waals surface area (Å²) in [6.45, 7) is 2.25. The number of aliphatic hydroxyl groups is 1. The smallest absolute Gasteiger partial charge is 0.0428 e. The van der Waals surface area contributed by atoms with Gasteiger partial charge in [0.1, 0.15) is 0 Å². The zero-order chi connectivity index (χ0) is 10.2. The minimum atomic E-state index is 0.319. The fourth-order valence-corrected chi connectivity index (χ4v) is 1.13. The van der Waals surface area contributed by atoms with E-state index in [4.69, 9.17) is 5.11 Å². The number of hydrogen-bond acceptors (Lipinski definition) is 1. The Labute approximate surface area is 85.0 Å². The van der Waals surface area contributed by atoms with Gasteiger partial charge in [-0.05, 0) is 17.2 Å². The number of aliphatic hydroxyl groups excluding tert-OH is 1. The summed E-state index contributed by atoms with van der Waals surface area (Å²) >= 11 is 0. The predicted octanol–water partition coefficient (Wildman–Crippen LogP) is 3.23. The van der Waals surface area contributed by atoms with Gasteiger partial charge in [-0.25, -0.2) is 0 Å². The van der Waals surface area contributed by atoms with Crippen molar-refractivity contribution >= 4 is 10.8 Å². The fourth-order valence-electron chi connectivity index (χ4n) is 1.13. The molecule has 0 aliphatic rings. The van der Waals surface area contributed by atoms with E-state index in [-0.39, 0.29) is 0 Å². The molecule has 0 radical (unpaired) electrons. The SMILES string of the molecule is CCCO.c1ccc2ccccc2c1. The molecule has 1 heteroatoms. The average Bonchev–Trinajstić information content (AvgIpc) is 2.30. The fraction of sp³-hybridized carbons (Fsp3) is 0.231. The van der Waals surface area contributed by atoms with Crippen LogP contribution in [0.3, 0.4) is 0 Å². The van der Waals surface area contributed by atoms with Crippen LogP contribution in [-0.4, -0.2) is 11.7 Å². The Hall–Kier alpha value is -1.34. The highest BCUT2D eigenvalue weighted by atomic mass is 16.2. The molecule has 0 saturated heterocycles. The Kier molecular flexibility index (Phi) is 4.73. The molecule has 0 aliphatic carbocycles. The minimum absolute atomic E-state index is 0.319. The summed E-state index contributed by atoms with van der Waals surface area (Å²) in [5.41, 5.74) is 0. The number of rotatable bonds is 1. The maximum Gasteiger partial charge on any atom is 0.0428 e. The summed E-state index contributed by atoms with van der Waals surface area (Å²) in [6, 6.07) is 16.7. The van der Waals surface area contributed by atoms with Gasteiger partial charge in [0, 0.05) is 6.61 Å². The van der Waals surface area contributed by atoms with Crippen LogP contribution in [0, 0.1) is 0 Å². The Morgan fingerprint density at radius 3 is 1.36 bits per heavy atom. The number of benzene rings is 2. The normalized spacial score (nSPS) is 9.29. The summed E-state index contributed by atoms with van der Waals surface area (Å²) in [5.74, 6) is 0. The van der Waals surface area contributed by atoms with Crippen LogP contribution < -0.4 is 0 Å². The van der Waals surface area contributed by atoms with Crippen LogP contribution in [-0.2, 0) is 0 Å². The largest absolute Gasteiger partial charge is 0.396 e. The van der Waals surface area contributed by atoms with E-state index in [1.807, 2.05) is 6.92 Å². The molecule has 2 rings (SSSR count). The molecule has 1 N–H and O–H groups in total. The Balaban J connectivity index is 0.000000213. The van der Waals surface area contributed by atoms with Gasteiger partial charge in [0.15, 0.2) is 0 Å². The second kappa shape index (κ2) is 6.17. The first-order valence-corrected chi connectivity index (χ1v) is 4.93. The van der Waals surface area contributed by atoms with Gasteiger partial charge in [-0.15, -0.1) is 0 Å². The van der Waals surface area contributed by atoms with E-state index in [1.165, 1.54) is 10.8 Å². The molecule has 14 heavy (non-hydrogen) atoms. The summed E-state index contributed by atoms with van der Waals surface area (Å²) in [6.07, 6.45) is 0.875.